The number of aromatic nitrogens is 5. The van der Waals surface area contributed by atoms with E-state index in [9.17, 15) is 0 Å². The van der Waals surface area contributed by atoms with Crippen LogP contribution in [0, 0.1) is 0 Å². The predicted octanol–water partition coefficient (Wildman–Crippen LogP) is 0.947. The Labute approximate surface area is 99.3 Å². The van der Waals surface area contributed by atoms with Crippen LogP contribution in [0.25, 0.3) is 0 Å². The number of anilines is 1. The summed E-state index contributed by atoms with van der Waals surface area (Å²) in [6.07, 6.45) is 9.19. The maximum Gasteiger partial charge on any atom is 0.155 e. The van der Waals surface area contributed by atoms with Crippen LogP contribution in [0.1, 0.15) is 24.7 Å². The van der Waals surface area contributed by atoms with Gasteiger partial charge in [-0.3, -0.25) is 4.98 Å². The lowest BCUT2D eigenvalue weighted by molar-refractivity contribution is 0.624. The van der Waals surface area contributed by atoms with E-state index in [4.69, 9.17) is 0 Å². The van der Waals surface area contributed by atoms with Crippen LogP contribution in [0.2, 0.25) is 0 Å². The summed E-state index contributed by atoms with van der Waals surface area (Å²) in [5, 5.41) is 8.14. The number of rotatable bonds is 2. The molecule has 88 valence electrons. The Hall–Kier alpha value is -1.98. The molecule has 1 fully saturated rings. The molecular weight excluding hydrogens is 216 g/mol. The largest absolute Gasteiger partial charge is 0.345 e. The number of aryl methyl sites for hydroxylation is 1. The minimum atomic E-state index is 0.263. The average Bonchev–Trinajstić information content (AvgIpc) is 2.98. The molecule has 0 N–H and O–H groups in total. The van der Waals surface area contributed by atoms with Crippen molar-refractivity contribution in [2.24, 2.45) is 7.05 Å². The minimum absolute atomic E-state index is 0.263. The Morgan fingerprint density at radius 2 is 2.29 bits per heavy atom. The van der Waals surface area contributed by atoms with Crippen LogP contribution in [-0.4, -0.2) is 31.3 Å². The lowest BCUT2D eigenvalue weighted by atomic mass is 10.2. The van der Waals surface area contributed by atoms with Gasteiger partial charge in [0.05, 0.1) is 12.2 Å². The SMILES string of the molecule is Cn1cnnc1[C@H]1CCCN1c1cnccn1. The van der Waals surface area contributed by atoms with Gasteiger partial charge in [0, 0.05) is 26.0 Å². The summed E-state index contributed by atoms with van der Waals surface area (Å²) in [5.41, 5.74) is 0. The van der Waals surface area contributed by atoms with Crippen LogP contribution < -0.4 is 4.90 Å². The zero-order chi connectivity index (χ0) is 11.7. The minimum Gasteiger partial charge on any atom is -0.345 e. The molecule has 3 rings (SSSR count). The molecule has 0 aliphatic carbocycles. The Kier molecular flexibility index (Phi) is 2.47. The molecule has 2 aromatic rings. The van der Waals surface area contributed by atoms with Crippen LogP contribution in [0.15, 0.2) is 24.9 Å². The van der Waals surface area contributed by atoms with Crippen molar-refractivity contribution in [3.63, 3.8) is 0 Å². The molecule has 6 nitrogen and oxygen atoms in total. The van der Waals surface area contributed by atoms with E-state index in [1.807, 2.05) is 11.6 Å². The van der Waals surface area contributed by atoms with Crippen molar-refractivity contribution in [1.29, 1.82) is 0 Å². The lowest BCUT2D eigenvalue weighted by Crippen LogP contribution is -2.25. The monoisotopic (exact) mass is 230 g/mol. The van der Waals surface area contributed by atoms with Crippen molar-refractivity contribution in [2.45, 2.75) is 18.9 Å². The van der Waals surface area contributed by atoms with Crippen molar-refractivity contribution < 1.29 is 0 Å². The highest BCUT2D eigenvalue weighted by atomic mass is 15.3. The summed E-state index contributed by atoms with van der Waals surface area (Å²) in [6.45, 7) is 0.996. The van der Waals surface area contributed by atoms with Crippen LogP contribution >= 0.6 is 0 Å². The van der Waals surface area contributed by atoms with Gasteiger partial charge < -0.3 is 9.47 Å². The first-order valence-electron chi connectivity index (χ1n) is 5.73. The molecule has 1 aliphatic rings. The molecule has 0 bridgehead atoms. The van der Waals surface area contributed by atoms with Gasteiger partial charge in [-0.05, 0) is 12.8 Å². The second-order valence-corrected chi connectivity index (χ2v) is 4.22. The quantitative estimate of drug-likeness (QED) is 0.768. The van der Waals surface area contributed by atoms with Crippen molar-refractivity contribution in [3.05, 3.63) is 30.7 Å². The van der Waals surface area contributed by atoms with Crippen molar-refractivity contribution in [1.82, 2.24) is 24.7 Å². The third-order valence-electron chi connectivity index (χ3n) is 3.14. The highest BCUT2D eigenvalue weighted by molar-refractivity contribution is 5.39. The molecule has 0 unspecified atom stereocenters. The standard InChI is InChI=1S/C11H14N6/c1-16-8-14-15-11(16)9-3-2-6-17(9)10-7-12-4-5-13-10/h4-5,7-9H,2-3,6H2,1H3/t9-/m1/s1. The number of nitrogens with zero attached hydrogens (tertiary/aromatic N) is 6. The van der Waals surface area contributed by atoms with Gasteiger partial charge >= 0.3 is 0 Å². The van der Waals surface area contributed by atoms with E-state index >= 15 is 0 Å². The second kappa shape index (κ2) is 4.12. The zero-order valence-electron chi connectivity index (χ0n) is 9.69. The first-order valence-corrected chi connectivity index (χ1v) is 5.73. The summed E-state index contributed by atoms with van der Waals surface area (Å²) < 4.78 is 1.97. The molecule has 0 aromatic carbocycles. The highest BCUT2D eigenvalue weighted by Gasteiger charge is 2.30. The van der Waals surface area contributed by atoms with Crippen LogP contribution in [0.3, 0.4) is 0 Å². The molecule has 3 heterocycles. The first kappa shape index (κ1) is 10.2. The molecule has 0 spiro atoms. The van der Waals surface area contributed by atoms with Gasteiger partial charge in [0.2, 0.25) is 0 Å². The van der Waals surface area contributed by atoms with Crippen molar-refractivity contribution in [3.8, 4) is 0 Å². The van der Waals surface area contributed by atoms with Crippen LogP contribution in [-0.2, 0) is 7.05 Å². The third-order valence-corrected chi connectivity index (χ3v) is 3.14. The summed E-state index contributed by atoms with van der Waals surface area (Å²) in [4.78, 5) is 10.7. The molecule has 1 saturated heterocycles. The predicted molar refractivity (Wildman–Crippen MR) is 62.4 cm³/mol. The van der Waals surface area contributed by atoms with Crippen LogP contribution in [0.5, 0.6) is 0 Å². The van der Waals surface area contributed by atoms with Crippen molar-refractivity contribution >= 4 is 5.82 Å². The van der Waals surface area contributed by atoms with E-state index < -0.39 is 0 Å². The fourth-order valence-corrected chi connectivity index (χ4v) is 2.34. The Balaban J connectivity index is 1.93. The fraction of sp³-hybridized carbons (Fsp3) is 0.455. The first-order chi connectivity index (χ1) is 8.36. The Morgan fingerprint density at radius 3 is 3.00 bits per heavy atom. The van der Waals surface area contributed by atoms with E-state index in [0.717, 1.165) is 31.0 Å². The zero-order valence-corrected chi connectivity index (χ0v) is 9.69. The van der Waals surface area contributed by atoms with Gasteiger partial charge in [0.1, 0.15) is 12.1 Å². The highest BCUT2D eigenvalue weighted by Crippen LogP contribution is 2.33. The Morgan fingerprint density at radius 1 is 1.35 bits per heavy atom. The van der Waals surface area contributed by atoms with E-state index in [-0.39, 0.29) is 6.04 Å². The van der Waals surface area contributed by atoms with Gasteiger partial charge in [-0.25, -0.2) is 4.98 Å². The number of hydrogen-bond acceptors (Lipinski definition) is 5. The Bertz CT molecular complexity index is 494. The van der Waals surface area contributed by atoms with Gasteiger partial charge in [-0.15, -0.1) is 10.2 Å². The molecule has 1 atom stereocenters. The average molecular weight is 230 g/mol. The summed E-state index contributed by atoms with van der Waals surface area (Å²) in [7, 11) is 1.97. The molecule has 6 heteroatoms. The van der Waals surface area contributed by atoms with E-state index in [1.165, 1.54) is 0 Å². The molecule has 0 amide bonds. The third kappa shape index (κ3) is 1.75. The molecule has 1 aliphatic heterocycles. The van der Waals surface area contributed by atoms with E-state index in [2.05, 4.69) is 25.1 Å². The second-order valence-electron chi connectivity index (χ2n) is 4.22. The van der Waals surface area contributed by atoms with Gasteiger partial charge in [-0.2, -0.15) is 0 Å². The van der Waals surface area contributed by atoms with Crippen molar-refractivity contribution in [2.75, 3.05) is 11.4 Å². The molecular formula is C11H14N6. The summed E-state index contributed by atoms with van der Waals surface area (Å²) in [5.74, 6) is 1.91. The molecule has 0 radical (unpaired) electrons. The normalized spacial score (nSPS) is 19.8. The molecule has 17 heavy (non-hydrogen) atoms. The smallest absolute Gasteiger partial charge is 0.155 e. The lowest BCUT2D eigenvalue weighted by Gasteiger charge is -2.24. The van der Waals surface area contributed by atoms with E-state index in [0.29, 0.717) is 0 Å². The molecule has 2 aromatic heterocycles. The van der Waals surface area contributed by atoms with Gasteiger partial charge in [0.25, 0.3) is 0 Å². The molecule has 0 saturated carbocycles. The summed E-state index contributed by atoms with van der Waals surface area (Å²) in [6, 6.07) is 0.263. The fourth-order valence-electron chi connectivity index (χ4n) is 2.34. The maximum atomic E-state index is 4.36. The summed E-state index contributed by atoms with van der Waals surface area (Å²) >= 11 is 0. The maximum absolute atomic E-state index is 4.36. The van der Waals surface area contributed by atoms with Gasteiger partial charge in [0.15, 0.2) is 5.82 Å². The van der Waals surface area contributed by atoms with E-state index in [1.54, 1.807) is 24.9 Å². The van der Waals surface area contributed by atoms with Crippen LogP contribution in [0.4, 0.5) is 5.82 Å². The van der Waals surface area contributed by atoms with Gasteiger partial charge in [-0.1, -0.05) is 0 Å². The topological polar surface area (TPSA) is 59.7 Å². The number of hydrogen-bond donors (Lipinski definition) is 0.